The summed E-state index contributed by atoms with van der Waals surface area (Å²) in [6, 6.07) is 14.5. The van der Waals surface area contributed by atoms with Gasteiger partial charge >= 0.3 is 0 Å². The molecule has 0 saturated heterocycles. The van der Waals surface area contributed by atoms with Crippen LogP contribution in [-0.4, -0.2) is 50.8 Å². The Morgan fingerprint density at radius 3 is 2.51 bits per heavy atom. The highest BCUT2D eigenvalue weighted by Gasteiger charge is 2.17. The highest BCUT2D eigenvalue weighted by molar-refractivity contribution is 6.34. The summed E-state index contributed by atoms with van der Waals surface area (Å²) in [5, 5.41) is 6.62. The summed E-state index contributed by atoms with van der Waals surface area (Å²) in [5.74, 6) is -0.243. The number of ether oxygens (including phenoxy) is 3. The van der Waals surface area contributed by atoms with Crippen LogP contribution in [0.25, 0.3) is 10.9 Å². The van der Waals surface area contributed by atoms with Crippen LogP contribution in [0.1, 0.15) is 26.3 Å². The van der Waals surface area contributed by atoms with E-state index >= 15 is 0 Å². The monoisotopic (exact) mass is 598 g/mol. The van der Waals surface area contributed by atoms with Gasteiger partial charge in [0.2, 0.25) is 0 Å². The number of carbonyl (C=O) groups is 2. The Balaban J connectivity index is 1.50. The van der Waals surface area contributed by atoms with Crippen molar-refractivity contribution in [2.45, 2.75) is 6.42 Å². The van der Waals surface area contributed by atoms with E-state index in [0.717, 1.165) is 5.56 Å². The van der Waals surface area contributed by atoms with Crippen LogP contribution in [0.3, 0.4) is 0 Å². The first kappa shape index (κ1) is 29.7. The normalized spacial score (nSPS) is 10.8. The van der Waals surface area contributed by atoms with Crippen LogP contribution in [0, 0.1) is 0 Å². The molecule has 5 N–H and O–H groups in total. The molecule has 0 fully saturated rings. The molecule has 3 aromatic carbocycles. The Bertz CT molecular complexity index is 1660. The first-order valence-electron chi connectivity index (χ1n) is 12.5. The summed E-state index contributed by atoms with van der Waals surface area (Å²) in [6.45, 7) is 0.961. The minimum Gasteiger partial charge on any atom is -0.493 e. The van der Waals surface area contributed by atoms with Crippen molar-refractivity contribution in [2.24, 2.45) is 0 Å². The standard InChI is InChI=1S/C29H28Cl2N4O6/c1-39-10-11-41-25-14-18-12-19(28(37)34-22(18)15-24(25)40-2)29(38)35-23-13-17(6-7-20(23)30)27(36)33-9-8-16-4-3-5-21(31)26(16)32/h3-7,12-15H,8-11,32H2,1-2H3,(H,33,36)(H,34,37)(H,35,38). The number of aromatic amines is 1. The van der Waals surface area contributed by atoms with E-state index in [4.69, 9.17) is 43.1 Å². The van der Waals surface area contributed by atoms with E-state index in [1.54, 1.807) is 31.4 Å². The van der Waals surface area contributed by atoms with Gasteiger partial charge in [-0.05, 0) is 48.4 Å². The number of halogens is 2. The summed E-state index contributed by atoms with van der Waals surface area (Å²) in [6.07, 6.45) is 0.477. The molecule has 0 aliphatic rings. The number of benzene rings is 3. The Hall–Kier alpha value is -4.25. The van der Waals surface area contributed by atoms with Crippen LogP contribution in [0.2, 0.25) is 10.0 Å². The van der Waals surface area contributed by atoms with Gasteiger partial charge in [-0.25, -0.2) is 0 Å². The number of nitrogen functional groups attached to an aromatic ring is 1. The maximum absolute atomic E-state index is 13.1. The Morgan fingerprint density at radius 2 is 1.76 bits per heavy atom. The number of hydrogen-bond acceptors (Lipinski definition) is 7. The van der Waals surface area contributed by atoms with Gasteiger partial charge in [0.25, 0.3) is 17.4 Å². The molecule has 0 aliphatic carbocycles. The number of anilines is 2. The summed E-state index contributed by atoms with van der Waals surface area (Å²) >= 11 is 12.4. The number of rotatable bonds is 11. The number of H-pyrrole nitrogens is 1. The van der Waals surface area contributed by atoms with Crippen LogP contribution in [0.4, 0.5) is 11.4 Å². The zero-order chi connectivity index (χ0) is 29.5. The van der Waals surface area contributed by atoms with Crippen LogP contribution in [0.15, 0.2) is 59.4 Å². The summed E-state index contributed by atoms with van der Waals surface area (Å²) in [4.78, 5) is 41.4. The van der Waals surface area contributed by atoms with Crippen LogP contribution < -0.4 is 31.4 Å². The van der Waals surface area contributed by atoms with Crippen molar-refractivity contribution in [1.29, 1.82) is 0 Å². The Labute approximate surface area is 245 Å². The molecule has 0 spiro atoms. The fraction of sp³-hybridized carbons (Fsp3) is 0.207. The molecule has 10 nitrogen and oxygen atoms in total. The lowest BCUT2D eigenvalue weighted by Gasteiger charge is -2.13. The number of nitrogens with one attached hydrogen (secondary N) is 3. The number of hydrogen-bond donors (Lipinski definition) is 4. The van der Waals surface area contributed by atoms with Gasteiger partial charge in [-0.1, -0.05) is 35.3 Å². The third-order valence-corrected chi connectivity index (χ3v) is 6.88. The zero-order valence-electron chi connectivity index (χ0n) is 22.3. The first-order chi connectivity index (χ1) is 19.7. The molecule has 1 heterocycles. The quantitative estimate of drug-likeness (QED) is 0.145. The number of pyridine rings is 1. The molecule has 2 amide bonds. The lowest BCUT2D eigenvalue weighted by atomic mass is 10.1. The van der Waals surface area contributed by atoms with Crippen molar-refractivity contribution in [2.75, 3.05) is 45.0 Å². The zero-order valence-corrected chi connectivity index (χ0v) is 23.8. The van der Waals surface area contributed by atoms with Crippen LogP contribution >= 0.6 is 23.2 Å². The maximum atomic E-state index is 13.1. The number of amides is 2. The molecular weight excluding hydrogens is 571 g/mol. The smallest absolute Gasteiger partial charge is 0.261 e. The topological polar surface area (TPSA) is 145 Å². The van der Waals surface area contributed by atoms with E-state index < -0.39 is 11.5 Å². The largest absolute Gasteiger partial charge is 0.493 e. The van der Waals surface area contributed by atoms with E-state index in [0.29, 0.717) is 52.7 Å². The lowest BCUT2D eigenvalue weighted by molar-refractivity contribution is 0.0952. The van der Waals surface area contributed by atoms with Crippen molar-refractivity contribution < 1.29 is 23.8 Å². The minimum atomic E-state index is -0.707. The second-order valence-corrected chi connectivity index (χ2v) is 9.73. The van der Waals surface area contributed by atoms with Crippen molar-refractivity contribution in [3.63, 3.8) is 0 Å². The van der Waals surface area contributed by atoms with E-state index in [2.05, 4.69) is 15.6 Å². The first-order valence-corrected chi connectivity index (χ1v) is 13.3. The SMILES string of the molecule is COCCOc1cc2cc(C(=O)Nc3cc(C(=O)NCCc4cccc(Cl)c4N)ccc3Cl)c(=O)[nH]c2cc1OC. The van der Waals surface area contributed by atoms with Gasteiger partial charge in [0, 0.05) is 30.7 Å². The number of aromatic nitrogens is 1. The Kier molecular flexibility index (Phi) is 9.72. The molecule has 0 aliphatic heterocycles. The molecule has 41 heavy (non-hydrogen) atoms. The van der Waals surface area contributed by atoms with Gasteiger partial charge in [0.1, 0.15) is 12.2 Å². The fourth-order valence-electron chi connectivity index (χ4n) is 4.05. The molecule has 0 radical (unpaired) electrons. The molecule has 1 aromatic heterocycles. The molecule has 4 aromatic rings. The molecular formula is C29H28Cl2N4O6. The molecule has 0 bridgehead atoms. The molecule has 214 valence electrons. The van der Waals surface area contributed by atoms with E-state index in [1.807, 2.05) is 6.07 Å². The van der Waals surface area contributed by atoms with Gasteiger partial charge in [0.15, 0.2) is 11.5 Å². The Morgan fingerprint density at radius 1 is 0.951 bits per heavy atom. The predicted octanol–water partition coefficient (Wildman–Crippen LogP) is 4.68. The van der Waals surface area contributed by atoms with Gasteiger partial charge < -0.3 is 35.6 Å². The van der Waals surface area contributed by atoms with Gasteiger partial charge in [-0.3, -0.25) is 14.4 Å². The van der Waals surface area contributed by atoms with Gasteiger partial charge in [-0.15, -0.1) is 0 Å². The molecule has 4 rings (SSSR count). The molecule has 0 saturated carbocycles. The lowest BCUT2D eigenvalue weighted by Crippen LogP contribution is -2.26. The summed E-state index contributed by atoms with van der Waals surface area (Å²) in [5.41, 5.74) is 7.39. The average molecular weight is 599 g/mol. The fourth-order valence-corrected chi connectivity index (χ4v) is 4.41. The highest BCUT2D eigenvalue weighted by atomic mass is 35.5. The average Bonchev–Trinajstić information content (AvgIpc) is 2.95. The molecule has 12 heteroatoms. The van der Waals surface area contributed by atoms with Crippen molar-refractivity contribution in [3.05, 3.63) is 91.7 Å². The number of methoxy groups -OCH3 is 2. The van der Waals surface area contributed by atoms with E-state index in [-0.39, 0.29) is 34.4 Å². The maximum Gasteiger partial charge on any atom is 0.261 e. The van der Waals surface area contributed by atoms with Crippen molar-refractivity contribution in [1.82, 2.24) is 10.3 Å². The third-order valence-electron chi connectivity index (χ3n) is 6.22. The van der Waals surface area contributed by atoms with Gasteiger partial charge in [-0.2, -0.15) is 0 Å². The molecule has 0 unspecified atom stereocenters. The van der Waals surface area contributed by atoms with Crippen LogP contribution in [0.5, 0.6) is 11.5 Å². The van der Waals surface area contributed by atoms with Crippen molar-refractivity contribution in [3.8, 4) is 11.5 Å². The predicted molar refractivity (Wildman–Crippen MR) is 160 cm³/mol. The van der Waals surface area contributed by atoms with E-state index in [1.165, 1.54) is 31.4 Å². The highest BCUT2D eigenvalue weighted by Crippen LogP contribution is 2.32. The van der Waals surface area contributed by atoms with Crippen LogP contribution in [-0.2, 0) is 11.2 Å². The van der Waals surface area contributed by atoms with Gasteiger partial charge in [0.05, 0.1) is 40.7 Å². The summed E-state index contributed by atoms with van der Waals surface area (Å²) < 4.78 is 16.1. The van der Waals surface area contributed by atoms with Crippen molar-refractivity contribution >= 4 is 57.3 Å². The minimum absolute atomic E-state index is 0.157. The second kappa shape index (κ2) is 13.4. The molecule has 0 atom stereocenters. The summed E-state index contributed by atoms with van der Waals surface area (Å²) in [7, 11) is 3.04. The third kappa shape index (κ3) is 7.10. The second-order valence-electron chi connectivity index (χ2n) is 8.91. The number of carbonyl (C=O) groups excluding carboxylic acids is 2. The number of para-hydroxylation sites is 1. The van der Waals surface area contributed by atoms with E-state index in [9.17, 15) is 14.4 Å². The number of fused-ring (bicyclic) bond motifs is 1. The number of nitrogens with two attached hydrogens (primary N) is 1.